The van der Waals surface area contributed by atoms with Gasteiger partial charge in [-0.15, -0.1) is 0 Å². The molecule has 0 aromatic carbocycles. The third-order valence-corrected chi connectivity index (χ3v) is 4.91. The van der Waals surface area contributed by atoms with Crippen molar-refractivity contribution in [3.63, 3.8) is 0 Å². The first-order valence-electron chi connectivity index (χ1n) is 10.2. The molecule has 1 N–H and O–H groups in total. The highest BCUT2D eigenvalue weighted by molar-refractivity contribution is 6.04. The molecular formula is C23H30F2N4O. The minimum absolute atomic E-state index is 0.0540. The minimum atomic E-state index is -2.98. The molecule has 1 aromatic rings. The molecule has 0 spiro atoms. The summed E-state index contributed by atoms with van der Waals surface area (Å²) in [6, 6.07) is 2.93. The Morgan fingerprint density at radius 1 is 1.40 bits per heavy atom. The molecule has 5 nitrogen and oxygen atoms in total. The molecule has 0 radical (unpaired) electrons. The van der Waals surface area contributed by atoms with Crippen molar-refractivity contribution >= 4 is 17.3 Å². The average molecular weight is 417 g/mol. The van der Waals surface area contributed by atoms with Crippen molar-refractivity contribution < 1.29 is 13.6 Å². The van der Waals surface area contributed by atoms with Crippen molar-refractivity contribution in [3.05, 3.63) is 60.7 Å². The molecule has 1 fully saturated rings. The van der Waals surface area contributed by atoms with E-state index in [0.29, 0.717) is 18.8 Å². The number of nitrogens with zero attached hydrogens (tertiary/aromatic N) is 3. The number of aliphatic imine (C=N–C) groups is 1. The van der Waals surface area contributed by atoms with Crippen LogP contribution in [0.1, 0.15) is 45.7 Å². The average Bonchev–Trinajstić information content (AvgIpc) is 2.73. The number of piperidine rings is 1. The summed E-state index contributed by atoms with van der Waals surface area (Å²) in [7, 11) is 0. The smallest absolute Gasteiger partial charge is 0.286 e. The van der Waals surface area contributed by atoms with Gasteiger partial charge >= 0.3 is 0 Å². The molecule has 1 saturated heterocycles. The Labute approximate surface area is 177 Å². The van der Waals surface area contributed by atoms with E-state index in [1.807, 2.05) is 26.0 Å². The van der Waals surface area contributed by atoms with Crippen LogP contribution in [0, 0.1) is 5.92 Å². The fraction of sp³-hybridized carbons (Fsp3) is 0.435. The van der Waals surface area contributed by atoms with E-state index in [0.717, 1.165) is 37.6 Å². The van der Waals surface area contributed by atoms with Gasteiger partial charge < -0.3 is 10.2 Å². The molecule has 0 unspecified atom stereocenters. The Morgan fingerprint density at radius 3 is 2.60 bits per heavy atom. The van der Waals surface area contributed by atoms with Crippen LogP contribution in [-0.4, -0.2) is 34.6 Å². The Balaban J connectivity index is 2.23. The first-order chi connectivity index (χ1) is 14.3. The number of carbonyl (C=O) groups excluding carboxylic acids is 1. The number of hydrogen-bond acceptors (Lipinski definition) is 4. The number of aromatic nitrogens is 1. The van der Waals surface area contributed by atoms with Crippen molar-refractivity contribution in [1.29, 1.82) is 0 Å². The summed E-state index contributed by atoms with van der Waals surface area (Å²) < 4.78 is 26.9. The van der Waals surface area contributed by atoms with Crippen LogP contribution >= 0.6 is 0 Å². The summed E-state index contributed by atoms with van der Waals surface area (Å²) in [5.74, 6) is -2.86. The highest BCUT2D eigenvalue weighted by Crippen LogP contribution is 2.27. The lowest BCUT2D eigenvalue weighted by atomic mass is 9.89. The largest absolute Gasteiger partial charge is 0.353 e. The number of rotatable bonds is 8. The standard InChI is InChI=1S/C23H30F2N4O/c1-5-8-19(28-18-9-10-20(27-16-18)23(4,24)25)22(26-13-6-2)17-11-14-29(15-12-17)21(30)7-3/h6-10,13,16-17,28H,3,5,11-12,14-15H2,1-2,4H3/b13-6-,19-8-,26-22-. The molecule has 1 amide bonds. The summed E-state index contributed by atoms with van der Waals surface area (Å²) in [5.41, 5.74) is 2.08. The van der Waals surface area contributed by atoms with Gasteiger partial charge in [-0.3, -0.25) is 14.8 Å². The Kier molecular flexibility index (Phi) is 8.45. The second-order valence-corrected chi connectivity index (χ2v) is 7.27. The normalized spacial score (nSPS) is 16.8. The van der Waals surface area contributed by atoms with E-state index in [1.54, 1.807) is 17.2 Å². The molecule has 0 atom stereocenters. The van der Waals surface area contributed by atoms with Crippen LogP contribution in [0.2, 0.25) is 0 Å². The van der Waals surface area contributed by atoms with Crippen LogP contribution in [0.15, 0.2) is 60.0 Å². The number of halogens is 2. The third-order valence-electron chi connectivity index (χ3n) is 4.91. The summed E-state index contributed by atoms with van der Waals surface area (Å²) in [5, 5.41) is 3.30. The van der Waals surface area contributed by atoms with Crippen molar-refractivity contribution in [2.24, 2.45) is 10.9 Å². The molecule has 1 aliphatic heterocycles. The van der Waals surface area contributed by atoms with E-state index in [1.165, 1.54) is 18.3 Å². The molecule has 30 heavy (non-hydrogen) atoms. The zero-order chi connectivity index (χ0) is 22.1. The lowest BCUT2D eigenvalue weighted by molar-refractivity contribution is -0.127. The van der Waals surface area contributed by atoms with Crippen molar-refractivity contribution in [2.45, 2.75) is 46.0 Å². The van der Waals surface area contributed by atoms with Gasteiger partial charge in [0.15, 0.2) is 0 Å². The van der Waals surface area contributed by atoms with Crippen LogP contribution in [0.3, 0.4) is 0 Å². The lowest BCUT2D eigenvalue weighted by Crippen LogP contribution is -2.40. The van der Waals surface area contributed by atoms with Gasteiger partial charge in [0.2, 0.25) is 5.91 Å². The van der Waals surface area contributed by atoms with Gasteiger partial charge in [0.25, 0.3) is 5.92 Å². The number of nitrogens with one attached hydrogen (secondary N) is 1. The maximum atomic E-state index is 13.4. The molecule has 2 rings (SSSR count). The van der Waals surface area contributed by atoms with Gasteiger partial charge in [0, 0.05) is 32.1 Å². The molecule has 2 heterocycles. The number of hydrogen-bond donors (Lipinski definition) is 1. The van der Waals surface area contributed by atoms with E-state index >= 15 is 0 Å². The number of pyridine rings is 1. The maximum Gasteiger partial charge on any atom is 0.286 e. The Bertz CT molecular complexity index is 815. The number of likely N-dealkylation sites (tertiary alicyclic amines) is 1. The van der Waals surface area contributed by atoms with Gasteiger partial charge in [-0.05, 0) is 44.4 Å². The highest BCUT2D eigenvalue weighted by Gasteiger charge is 2.28. The second-order valence-electron chi connectivity index (χ2n) is 7.27. The zero-order valence-corrected chi connectivity index (χ0v) is 17.9. The summed E-state index contributed by atoms with van der Waals surface area (Å²) >= 11 is 0. The van der Waals surface area contributed by atoms with Gasteiger partial charge in [-0.2, -0.15) is 8.78 Å². The van der Waals surface area contributed by atoms with E-state index in [2.05, 4.69) is 21.9 Å². The summed E-state index contributed by atoms with van der Waals surface area (Å²) in [4.78, 5) is 22.2. The minimum Gasteiger partial charge on any atom is -0.353 e. The summed E-state index contributed by atoms with van der Waals surface area (Å²) in [6.45, 7) is 9.60. The van der Waals surface area contributed by atoms with Crippen LogP contribution in [-0.2, 0) is 10.7 Å². The number of alkyl halides is 2. The predicted octanol–water partition coefficient (Wildman–Crippen LogP) is 5.30. The third kappa shape index (κ3) is 6.34. The molecule has 0 saturated carbocycles. The summed E-state index contributed by atoms with van der Waals surface area (Å²) in [6.07, 6.45) is 10.8. The molecule has 1 aliphatic rings. The number of amides is 1. The van der Waals surface area contributed by atoms with E-state index in [9.17, 15) is 13.6 Å². The van der Waals surface area contributed by atoms with Crippen LogP contribution < -0.4 is 5.32 Å². The second kappa shape index (κ2) is 10.8. The SMILES string of the molecule is C=CC(=O)N1CCC(C(=N/C=C\C)/C(=C/CC)Nc2ccc(C(C)(F)F)nc2)CC1. The fourth-order valence-corrected chi connectivity index (χ4v) is 3.36. The molecule has 1 aromatic heterocycles. The van der Waals surface area contributed by atoms with E-state index in [4.69, 9.17) is 0 Å². The Morgan fingerprint density at radius 2 is 2.10 bits per heavy atom. The number of carbonyl (C=O) groups is 1. The van der Waals surface area contributed by atoms with Crippen LogP contribution in [0.5, 0.6) is 0 Å². The monoisotopic (exact) mass is 416 g/mol. The van der Waals surface area contributed by atoms with Gasteiger partial charge in [-0.1, -0.05) is 25.7 Å². The van der Waals surface area contributed by atoms with Crippen molar-refractivity contribution in [2.75, 3.05) is 18.4 Å². The topological polar surface area (TPSA) is 57.6 Å². The highest BCUT2D eigenvalue weighted by atomic mass is 19.3. The van der Waals surface area contributed by atoms with E-state index < -0.39 is 5.92 Å². The van der Waals surface area contributed by atoms with E-state index in [-0.39, 0.29) is 17.5 Å². The molecule has 7 heteroatoms. The van der Waals surface area contributed by atoms with Crippen molar-refractivity contribution in [3.8, 4) is 0 Å². The lowest BCUT2D eigenvalue weighted by Gasteiger charge is -2.32. The van der Waals surface area contributed by atoms with Gasteiger partial charge in [-0.25, -0.2) is 0 Å². The zero-order valence-electron chi connectivity index (χ0n) is 17.9. The first kappa shape index (κ1) is 23.4. The van der Waals surface area contributed by atoms with Crippen molar-refractivity contribution in [1.82, 2.24) is 9.88 Å². The quantitative estimate of drug-likeness (QED) is 0.462. The molecule has 0 bridgehead atoms. The van der Waals surface area contributed by atoms with Gasteiger partial charge in [0.1, 0.15) is 5.69 Å². The first-order valence-corrected chi connectivity index (χ1v) is 10.2. The van der Waals surface area contributed by atoms with Gasteiger partial charge in [0.05, 0.1) is 23.3 Å². The molecular weight excluding hydrogens is 386 g/mol. The van der Waals surface area contributed by atoms with Crippen LogP contribution in [0.25, 0.3) is 0 Å². The Hall–Kier alpha value is -2.83. The molecule has 0 aliphatic carbocycles. The maximum absolute atomic E-state index is 13.4. The predicted molar refractivity (Wildman–Crippen MR) is 118 cm³/mol. The molecule has 162 valence electrons. The van der Waals surface area contributed by atoms with Crippen LogP contribution in [0.4, 0.5) is 14.5 Å². The number of allylic oxidation sites excluding steroid dienone is 3. The number of anilines is 1. The fourth-order valence-electron chi connectivity index (χ4n) is 3.36.